The number of amides is 1. The summed E-state index contributed by atoms with van der Waals surface area (Å²) in [6.07, 6.45) is 3.49. The van der Waals surface area contributed by atoms with Crippen molar-refractivity contribution in [3.63, 3.8) is 0 Å². The van der Waals surface area contributed by atoms with E-state index < -0.39 is 5.82 Å². The van der Waals surface area contributed by atoms with Gasteiger partial charge in [0.05, 0.1) is 19.6 Å². The molecule has 0 saturated heterocycles. The van der Waals surface area contributed by atoms with Crippen LogP contribution >= 0.6 is 0 Å². The Bertz CT molecular complexity index is 484. The van der Waals surface area contributed by atoms with Crippen molar-refractivity contribution in [2.45, 2.75) is 38.2 Å². The van der Waals surface area contributed by atoms with Gasteiger partial charge in [0.1, 0.15) is 0 Å². The van der Waals surface area contributed by atoms with Gasteiger partial charge in [-0.15, -0.1) is 0 Å². The number of hydrogen-bond donors (Lipinski definition) is 2. The number of carbonyl (C=O) groups excluding carboxylic acids is 1. The summed E-state index contributed by atoms with van der Waals surface area (Å²) in [5, 5.41) is 12.3. The minimum Gasteiger partial charge on any atom is -0.494 e. The van der Waals surface area contributed by atoms with Crippen LogP contribution < -0.4 is 10.1 Å². The highest BCUT2D eigenvalue weighted by Gasteiger charge is 2.19. The maximum absolute atomic E-state index is 13.5. The normalized spacial score (nSPS) is 21.9. The van der Waals surface area contributed by atoms with Crippen LogP contribution in [0.25, 0.3) is 0 Å². The minimum absolute atomic E-state index is 0.106. The Morgan fingerprint density at radius 2 is 2.10 bits per heavy atom. The molecule has 0 atom stereocenters. The number of hydrogen-bond acceptors (Lipinski definition) is 3. The molecule has 0 radical (unpaired) electrons. The van der Waals surface area contributed by atoms with Gasteiger partial charge in [0.2, 0.25) is 5.91 Å². The third-order valence-corrected chi connectivity index (χ3v) is 3.99. The molecule has 21 heavy (non-hydrogen) atoms. The first-order valence-electron chi connectivity index (χ1n) is 7.35. The number of carbonyl (C=O) groups is 1. The van der Waals surface area contributed by atoms with Crippen LogP contribution in [0.15, 0.2) is 18.2 Å². The molecule has 4 nitrogen and oxygen atoms in total. The molecule has 1 amide bonds. The number of aliphatic hydroxyl groups excluding tert-OH is 1. The van der Waals surface area contributed by atoms with E-state index in [1.165, 1.54) is 19.2 Å². The molecule has 0 unspecified atom stereocenters. The molecule has 0 spiro atoms. The van der Waals surface area contributed by atoms with Gasteiger partial charge >= 0.3 is 0 Å². The van der Waals surface area contributed by atoms with Gasteiger partial charge < -0.3 is 15.2 Å². The van der Waals surface area contributed by atoms with E-state index in [2.05, 4.69) is 5.32 Å². The molecule has 2 rings (SSSR count). The van der Waals surface area contributed by atoms with Gasteiger partial charge in [-0.2, -0.15) is 0 Å². The monoisotopic (exact) mass is 295 g/mol. The van der Waals surface area contributed by atoms with Gasteiger partial charge in [0, 0.05) is 6.54 Å². The first-order chi connectivity index (χ1) is 10.1. The molecule has 0 aromatic heterocycles. The van der Waals surface area contributed by atoms with Crippen LogP contribution in [-0.4, -0.2) is 30.8 Å². The number of benzene rings is 1. The maximum atomic E-state index is 13.5. The van der Waals surface area contributed by atoms with Gasteiger partial charge in [-0.1, -0.05) is 6.07 Å². The lowest BCUT2D eigenvalue weighted by atomic mass is 9.87. The van der Waals surface area contributed by atoms with Crippen LogP contribution in [0, 0.1) is 11.7 Å². The Morgan fingerprint density at radius 1 is 1.38 bits per heavy atom. The van der Waals surface area contributed by atoms with Gasteiger partial charge in [0.15, 0.2) is 11.6 Å². The molecule has 0 heterocycles. The average molecular weight is 295 g/mol. The van der Waals surface area contributed by atoms with Gasteiger partial charge in [-0.05, 0) is 49.3 Å². The van der Waals surface area contributed by atoms with Crippen LogP contribution in [0.3, 0.4) is 0 Å². The Balaban J connectivity index is 1.78. The van der Waals surface area contributed by atoms with E-state index in [4.69, 9.17) is 4.74 Å². The average Bonchev–Trinajstić information content (AvgIpc) is 2.47. The number of halogens is 1. The number of aliphatic hydroxyl groups is 1. The van der Waals surface area contributed by atoms with Crippen molar-refractivity contribution < 1.29 is 19.0 Å². The molecule has 0 bridgehead atoms. The highest BCUT2D eigenvalue weighted by atomic mass is 19.1. The van der Waals surface area contributed by atoms with E-state index >= 15 is 0 Å². The number of methoxy groups -OCH3 is 1. The van der Waals surface area contributed by atoms with Gasteiger partial charge in [-0.25, -0.2) is 4.39 Å². The summed E-state index contributed by atoms with van der Waals surface area (Å²) >= 11 is 0. The van der Waals surface area contributed by atoms with E-state index in [1.54, 1.807) is 6.07 Å². The van der Waals surface area contributed by atoms with E-state index in [-0.39, 0.29) is 24.2 Å². The Hall–Kier alpha value is -1.62. The molecule has 1 aromatic carbocycles. The van der Waals surface area contributed by atoms with Crippen molar-refractivity contribution in [1.82, 2.24) is 5.32 Å². The predicted octanol–water partition coefficient (Wildman–Crippen LogP) is 2.04. The Labute approximate surface area is 124 Å². The SMILES string of the molecule is COc1ccc(CC(=O)NCC2CCC(O)CC2)cc1F. The quantitative estimate of drug-likeness (QED) is 0.874. The van der Waals surface area contributed by atoms with Crippen molar-refractivity contribution in [2.24, 2.45) is 5.92 Å². The molecular weight excluding hydrogens is 273 g/mol. The molecule has 1 fully saturated rings. The summed E-state index contributed by atoms with van der Waals surface area (Å²) < 4.78 is 18.4. The summed E-state index contributed by atoms with van der Waals surface area (Å²) in [7, 11) is 1.41. The van der Waals surface area contributed by atoms with Crippen molar-refractivity contribution >= 4 is 5.91 Å². The first kappa shape index (κ1) is 15.8. The molecule has 2 N–H and O–H groups in total. The lowest BCUT2D eigenvalue weighted by Crippen LogP contribution is -2.33. The highest BCUT2D eigenvalue weighted by Crippen LogP contribution is 2.23. The summed E-state index contributed by atoms with van der Waals surface area (Å²) in [5.74, 6) is 0.0552. The first-order valence-corrected chi connectivity index (χ1v) is 7.35. The molecule has 1 aromatic rings. The van der Waals surface area contributed by atoms with E-state index in [0.29, 0.717) is 18.0 Å². The predicted molar refractivity (Wildman–Crippen MR) is 77.6 cm³/mol. The van der Waals surface area contributed by atoms with Crippen LogP contribution in [0.1, 0.15) is 31.2 Å². The summed E-state index contributed by atoms with van der Waals surface area (Å²) in [6, 6.07) is 4.55. The standard InChI is InChI=1S/C16H22FNO3/c1-21-15-7-4-12(8-14(15)17)9-16(20)18-10-11-2-5-13(19)6-3-11/h4,7-8,11,13,19H,2-3,5-6,9-10H2,1H3,(H,18,20). The fourth-order valence-corrected chi connectivity index (χ4v) is 2.67. The molecule has 116 valence electrons. The maximum Gasteiger partial charge on any atom is 0.224 e. The molecule has 0 aliphatic heterocycles. The van der Waals surface area contributed by atoms with Gasteiger partial charge in [0.25, 0.3) is 0 Å². The van der Waals surface area contributed by atoms with Crippen LogP contribution in [0.5, 0.6) is 5.75 Å². The van der Waals surface area contributed by atoms with E-state index in [0.717, 1.165) is 25.7 Å². The topological polar surface area (TPSA) is 58.6 Å². The van der Waals surface area contributed by atoms with E-state index in [1.807, 2.05) is 0 Å². The lowest BCUT2D eigenvalue weighted by Gasteiger charge is -2.25. The minimum atomic E-state index is -0.455. The Morgan fingerprint density at radius 3 is 2.71 bits per heavy atom. The second kappa shape index (κ2) is 7.41. The fraction of sp³-hybridized carbons (Fsp3) is 0.562. The molecule has 1 saturated carbocycles. The number of nitrogens with one attached hydrogen (secondary N) is 1. The van der Waals surface area contributed by atoms with Crippen molar-refractivity contribution in [1.29, 1.82) is 0 Å². The number of rotatable bonds is 5. The van der Waals surface area contributed by atoms with E-state index in [9.17, 15) is 14.3 Å². The molecule has 5 heteroatoms. The Kier molecular flexibility index (Phi) is 5.56. The zero-order valence-electron chi connectivity index (χ0n) is 12.3. The molecule has 1 aliphatic carbocycles. The third-order valence-electron chi connectivity index (χ3n) is 3.99. The zero-order valence-corrected chi connectivity index (χ0v) is 12.3. The largest absolute Gasteiger partial charge is 0.494 e. The van der Waals surface area contributed by atoms with Crippen molar-refractivity contribution in [2.75, 3.05) is 13.7 Å². The number of ether oxygens (including phenoxy) is 1. The molecule has 1 aliphatic rings. The molecular formula is C16H22FNO3. The summed E-state index contributed by atoms with van der Waals surface area (Å²) in [6.45, 7) is 0.629. The van der Waals surface area contributed by atoms with Crippen LogP contribution in [-0.2, 0) is 11.2 Å². The zero-order chi connectivity index (χ0) is 15.2. The highest BCUT2D eigenvalue weighted by molar-refractivity contribution is 5.78. The second-order valence-corrected chi connectivity index (χ2v) is 5.62. The van der Waals surface area contributed by atoms with Crippen LogP contribution in [0.2, 0.25) is 0 Å². The summed E-state index contributed by atoms with van der Waals surface area (Å²) in [4.78, 5) is 11.9. The summed E-state index contributed by atoms with van der Waals surface area (Å²) in [5.41, 5.74) is 0.630. The third kappa shape index (κ3) is 4.70. The van der Waals surface area contributed by atoms with Crippen molar-refractivity contribution in [3.05, 3.63) is 29.6 Å². The second-order valence-electron chi connectivity index (χ2n) is 5.62. The van der Waals surface area contributed by atoms with Gasteiger partial charge in [-0.3, -0.25) is 4.79 Å². The lowest BCUT2D eigenvalue weighted by molar-refractivity contribution is -0.120. The fourth-order valence-electron chi connectivity index (χ4n) is 2.67. The smallest absolute Gasteiger partial charge is 0.224 e. The van der Waals surface area contributed by atoms with Crippen molar-refractivity contribution in [3.8, 4) is 5.75 Å². The van der Waals surface area contributed by atoms with Crippen LogP contribution in [0.4, 0.5) is 4.39 Å².